The standard InChI is InChI=1S/C28H31N5O2.C25H25N5O2/c1-20(2)33-18-25(19-33)35-27-8-5-22(16-23(27)17-29)26-9-10-30-28(31-26)15-21-3-6-24(7-4-21)32-11-13-34-14-12-32;26-15-20-14-19(3-6-24(20)32-22-16-27-17-22)23-7-8-28-25(29-23)13-18-1-4-21(5-2-18)30-9-11-31-12-10-30/h3-10,16,20,25H,11-15,18-19H2,1-2H3;1-8,14,22,27H,9-13,16-17H2. The van der Waals surface area contributed by atoms with Gasteiger partial charge >= 0.3 is 0 Å². The molecule has 67 heavy (non-hydrogen) atoms. The highest BCUT2D eigenvalue weighted by molar-refractivity contribution is 5.65. The lowest BCUT2D eigenvalue weighted by Gasteiger charge is -2.41. The predicted molar refractivity (Wildman–Crippen MR) is 257 cm³/mol. The molecule has 0 spiro atoms. The zero-order chi connectivity index (χ0) is 46.0. The van der Waals surface area contributed by atoms with Crippen molar-refractivity contribution in [2.24, 2.45) is 0 Å². The highest BCUT2D eigenvalue weighted by Crippen LogP contribution is 2.30. The summed E-state index contributed by atoms with van der Waals surface area (Å²) in [4.78, 5) is 25.5. The van der Waals surface area contributed by atoms with Crippen LogP contribution in [-0.2, 0) is 22.3 Å². The van der Waals surface area contributed by atoms with Gasteiger partial charge in [0.1, 0.15) is 47.5 Å². The minimum absolute atomic E-state index is 0.133. The number of hydrogen-bond donors (Lipinski definition) is 1. The summed E-state index contributed by atoms with van der Waals surface area (Å²) in [6.45, 7) is 14.6. The summed E-state index contributed by atoms with van der Waals surface area (Å²) in [6, 6.07) is 37.3. The van der Waals surface area contributed by atoms with Crippen LogP contribution in [0.2, 0.25) is 0 Å². The zero-order valence-electron chi connectivity index (χ0n) is 38.2. The molecule has 0 atom stereocenters. The Hall–Kier alpha value is -6.94. The molecule has 2 aromatic heterocycles. The minimum Gasteiger partial charge on any atom is -0.486 e. The minimum atomic E-state index is 0.133. The molecule has 4 fully saturated rings. The maximum Gasteiger partial charge on any atom is 0.137 e. The van der Waals surface area contributed by atoms with Crippen LogP contribution in [0.4, 0.5) is 11.4 Å². The van der Waals surface area contributed by atoms with E-state index in [4.69, 9.17) is 28.9 Å². The van der Waals surface area contributed by atoms with Crippen LogP contribution in [0, 0.1) is 22.7 Å². The van der Waals surface area contributed by atoms with E-state index in [1.807, 2.05) is 48.5 Å². The molecule has 4 aliphatic rings. The average Bonchev–Trinajstić information content (AvgIpc) is 3.35. The Morgan fingerprint density at radius 1 is 0.612 bits per heavy atom. The first-order valence-corrected chi connectivity index (χ1v) is 23.2. The Kier molecular flexibility index (Phi) is 14.6. The van der Waals surface area contributed by atoms with E-state index in [1.54, 1.807) is 12.4 Å². The summed E-state index contributed by atoms with van der Waals surface area (Å²) in [5.41, 5.74) is 9.19. The van der Waals surface area contributed by atoms with Gasteiger partial charge in [-0.25, -0.2) is 19.9 Å². The summed E-state index contributed by atoms with van der Waals surface area (Å²) in [6.07, 6.45) is 5.13. The highest BCUT2D eigenvalue weighted by Gasteiger charge is 2.30. The molecule has 0 aliphatic carbocycles. The second kappa shape index (κ2) is 21.6. The predicted octanol–water partition coefficient (Wildman–Crippen LogP) is 6.71. The second-order valence-electron chi connectivity index (χ2n) is 17.4. The molecular formula is C53H56N10O4. The van der Waals surface area contributed by atoms with Crippen molar-refractivity contribution in [3.63, 3.8) is 0 Å². The molecular weight excluding hydrogens is 841 g/mol. The van der Waals surface area contributed by atoms with Gasteiger partial charge in [0.05, 0.1) is 48.9 Å². The number of aromatic nitrogens is 4. The van der Waals surface area contributed by atoms with Crippen molar-refractivity contribution in [3.05, 3.63) is 143 Å². The number of likely N-dealkylation sites (tertiary alicyclic amines) is 1. The summed E-state index contributed by atoms with van der Waals surface area (Å²) in [5, 5.41) is 22.5. The Labute approximate surface area is 392 Å². The molecule has 4 aromatic carbocycles. The number of ether oxygens (including phenoxy) is 4. The van der Waals surface area contributed by atoms with E-state index in [2.05, 4.69) is 105 Å². The van der Waals surface area contributed by atoms with Gasteiger partial charge in [0.2, 0.25) is 0 Å². The van der Waals surface area contributed by atoms with Crippen molar-refractivity contribution >= 4 is 11.4 Å². The topological polar surface area (TPSA) is 158 Å². The summed E-state index contributed by atoms with van der Waals surface area (Å²) in [5.74, 6) is 2.77. The van der Waals surface area contributed by atoms with E-state index >= 15 is 0 Å². The SMILES string of the molecule is CC(C)N1CC(Oc2ccc(-c3ccnc(Cc4ccc(N5CCOCC5)cc4)n3)cc2C#N)C1.N#Cc1cc(-c2ccnc(Cc3ccc(N4CCOCC4)cc3)n2)ccc1OC1CNC1. The van der Waals surface area contributed by atoms with Crippen LogP contribution in [0.25, 0.3) is 22.5 Å². The lowest BCUT2D eigenvalue weighted by molar-refractivity contribution is 0.00000919. The Morgan fingerprint density at radius 2 is 1.06 bits per heavy atom. The number of rotatable bonds is 13. The molecule has 10 rings (SSSR count). The zero-order valence-corrected chi connectivity index (χ0v) is 38.2. The fraction of sp³-hybridized carbons (Fsp3) is 0.358. The van der Waals surface area contributed by atoms with Gasteiger partial charge in [0.15, 0.2) is 0 Å². The van der Waals surface area contributed by atoms with Crippen molar-refractivity contribution in [1.82, 2.24) is 30.2 Å². The van der Waals surface area contributed by atoms with Crippen LogP contribution < -0.4 is 24.6 Å². The van der Waals surface area contributed by atoms with E-state index in [-0.39, 0.29) is 12.2 Å². The van der Waals surface area contributed by atoms with E-state index in [0.29, 0.717) is 41.5 Å². The maximum atomic E-state index is 9.72. The Bertz CT molecular complexity index is 2680. The first-order valence-electron chi connectivity index (χ1n) is 23.2. The first kappa shape index (κ1) is 45.2. The number of nitriles is 2. The fourth-order valence-corrected chi connectivity index (χ4v) is 8.38. The first-order chi connectivity index (χ1) is 32.9. The van der Waals surface area contributed by atoms with Crippen molar-refractivity contribution in [3.8, 4) is 46.2 Å². The van der Waals surface area contributed by atoms with Crippen molar-refractivity contribution in [2.75, 3.05) is 88.6 Å². The molecule has 1 N–H and O–H groups in total. The number of nitrogens with one attached hydrogen (secondary N) is 1. The molecule has 0 bridgehead atoms. The third kappa shape index (κ3) is 11.5. The van der Waals surface area contributed by atoms with Crippen LogP contribution >= 0.6 is 0 Å². The van der Waals surface area contributed by atoms with Crippen LogP contribution in [-0.4, -0.2) is 122 Å². The maximum absolute atomic E-state index is 9.72. The van der Waals surface area contributed by atoms with Crippen LogP contribution in [0.5, 0.6) is 11.5 Å². The molecule has 0 amide bonds. The molecule has 4 aliphatic heterocycles. The van der Waals surface area contributed by atoms with Gasteiger partial charge in [0.25, 0.3) is 0 Å². The summed E-state index contributed by atoms with van der Waals surface area (Å²) in [7, 11) is 0. The smallest absolute Gasteiger partial charge is 0.137 e. The van der Waals surface area contributed by atoms with E-state index in [0.717, 1.165) is 124 Å². The summed E-state index contributed by atoms with van der Waals surface area (Å²) < 4.78 is 22.9. The van der Waals surface area contributed by atoms with Gasteiger partial charge in [-0.05, 0) is 97.8 Å². The van der Waals surface area contributed by atoms with E-state index in [9.17, 15) is 10.5 Å². The van der Waals surface area contributed by atoms with Crippen LogP contribution in [0.3, 0.4) is 0 Å². The summed E-state index contributed by atoms with van der Waals surface area (Å²) >= 11 is 0. The van der Waals surface area contributed by atoms with Gasteiger partial charge < -0.3 is 34.1 Å². The van der Waals surface area contributed by atoms with Crippen LogP contribution in [0.1, 0.15) is 47.8 Å². The van der Waals surface area contributed by atoms with Crippen molar-refractivity contribution in [2.45, 2.75) is 44.9 Å². The molecule has 0 unspecified atom stereocenters. The Balaban J connectivity index is 0.000000169. The largest absolute Gasteiger partial charge is 0.486 e. The van der Waals surface area contributed by atoms with Gasteiger partial charge in [-0.2, -0.15) is 10.5 Å². The monoisotopic (exact) mass is 896 g/mol. The van der Waals surface area contributed by atoms with Crippen LogP contribution in [0.15, 0.2) is 109 Å². The molecule has 342 valence electrons. The molecule has 4 saturated heterocycles. The quantitative estimate of drug-likeness (QED) is 0.131. The number of benzene rings is 4. The van der Waals surface area contributed by atoms with Gasteiger partial charge in [0, 0.05) is 106 Å². The fourth-order valence-electron chi connectivity index (χ4n) is 8.38. The lowest BCUT2D eigenvalue weighted by atomic mass is 10.1. The molecule has 14 heteroatoms. The third-order valence-corrected chi connectivity index (χ3v) is 12.5. The van der Waals surface area contributed by atoms with Crippen molar-refractivity contribution < 1.29 is 18.9 Å². The number of anilines is 2. The highest BCUT2D eigenvalue weighted by atomic mass is 16.5. The Morgan fingerprint density at radius 3 is 1.46 bits per heavy atom. The van der Waals surface area contributed by atoms with Crippen molar-refractivity contribution in [1.29, 1.82) is 10.5 Å². The van der Waals surface area contributed by atoms with E-state index in [1.165, 1.54) is 11.4 Å². The number of nitrogens with zero attached hydrogens (tertiary/aromatic N) is 9. The molecule has 6 aromatic rings. The molecule has 0 radical (unpaired) electrons. The number of morpholine rings is 2. The molecule has 6 heterocycles. The molecule has 0 saturated carbocycles. The average molecular weight is 897 g/mol. The molecule has 14 nitrogen and oxygen atoms in total. The van der Waals surface area contributed by atoms with Gasteiger partial charge in [-0.15, -0.1) is 0 Å². The second-order valence-corrected chi connectivity index (χ2v) is 17.4. The number of hydrogen-bond acceptors (Lipinski definition) is 14. The van der Waals surface area contributed by atoms with Gasteiger partial charge in [-0.1, -0.05) is 24.3 Å². The normalized spacial score (nSPS) is 16.5. The van der Waals surface area contributed by atoms with E-state index < -0.39 is 0 Å². The van der Waals surface area contributed by atoms with Gasteiger partial charge in [-0.3, -0.25) is 4.90 Å². The lowest BCUT2D eigenvalue weighted by Crippen LogP contribution is -2.56. The third-order valence-electron chi connectivity index (χ3n) is 12.5.